The zero-order valence-electron chi connectivity index (χ0n) is 13.7. The van der Waals surface area contributed by atoms with Gasteiger partial charge in [0.1, 0.15) is 10.6 Å². The van der Waals surface area contributed by atoms with Gasteiger partial charge in [-0.3, -0.25) is 4.79 Å². The summed E-state index contributed by atoms with van der Waals surface area (Å²) in [6.45, 7) is -2.87. The number of hydrogen-bond acceptors (Lipinski definition) is 4. The number of rotatable bonds is 5. The smallest absolute Gasteiger partial charge is 0.387 e. The summed E-state index contributed by atoms with van der Waals surface area (Å²) in [6.07, 6.45) is 4.58. The molecule has 0 spiro atoms. The van der Waals surface area contributed by atoms with Crippen LogP contribution in [0.3, 0.4) is 0 Å². The number of halogens is 2. The number of carbonyl (C=O) groups is 1. The highest BCUT2D eigenvalue weighted by molar-refractivity contribution is 7.12. The lowest BCUT2D eigenvalue weighted by atomic mass is 10.1. The summed E-state index contributed by atoms with van der Waals surface area (Å²) >= 11 is 1.07. The summed E-state index contributed by atoms with van der Waals surface area (Å²) < 4.78 is 27.2. The number of hydrogen-bond donors (Lipinski definition) is 1. The largest absolute Gasteiger partial charge is 0.433 e. The van der Waals surface area contributed by atoms with Crippen LogP contribution in [0.5, 0.6) is 5.75 Å². The fourth-order valence-corrected chi connectivity index (χ4v) is 2.63. The molecule has 0 aliphatic rings. The van der Waals surface area contributed by atoms with Gasteiger partial charge in [-0.15, -0.1) is 11.3 Å². The van der Waals surface area contributed by atoms with E-state index in [4.69, 9.17) is 5.73 Å². The van der Waals surface area contributed by atoms with Gasteiger partial charge in [-0.2, -0.15) is 8.78 Å². The monoisotopic (exact) mass is 373 g/mol. The standard InChI is InChI=1S/C14H13N.C6H4F2O2S/c15-14-9-5-4-8-13(14)11-10-12-6-2-1-3-7-12;7-6(8)10-4-1-2-11-5(4)3-9/h1-11H,15H2;1-3,6H/b11-10-;. The lowest BCUT2D eigenvalue weighted by Crippen LogP contribution is -2.02. The number of thiophene rings is 1. The van der Waals surface area contributed by atoms with Crippen LogP contribution < -0.4 is 10.5 Å². The maximum absolute atomic E-state index is 11.6. The minimum atomic E-state index is -2.87. The Balaban J connectivity index is 0.000000197. The SMILES string of the molecule is Nc1ccccc1/C=C\c1ccccc1.O=Cc1sccc1OC(F)F. The van der Waals surface area contributed by atoms with E-state index in [-0.39, 0.29) is 10.6 Å². The summed E-state index contributed by atoms with van der Waals surface area (Å²) in [6, 6.07) is 19.4. The molecule has 0 fully saturated rings. The number of nitrogen functional groups attached to an aromatic ring is 1. The molecular formula is C20H17F2NO2S. The molecule has 134 valence electrons. The molecular weight excluding hydrogens is 356 g/mol. The van der Waals surface area contributed by atoms with E-state index in [2.05, 4.69) is 22.9 Å². The fourth-order valence-electron chi connectivity index (χ4n) is 2.00. The first-order valence-electron chi connectivity index (χ1n) is 7.65. The lowest BCUT2D eigenvalue weighted by molar-refractivity contribution is -0.0497. The van der Waals surface area contributed by atoms with Crippen LogP contribution in [0.1, 0.15) is 20.8 Å². The number of benzene rings is 2. The van der Waals surface area contributed by atoms with Crippen LogP contribution in [0.25, 0.3) is 12.2 Å². The molecule has 0 aliphatic carbocycles. The molecule has 0 aliphatic heterocycles. The quantitative estimate of drug-likeness (QED) is 0.360. The highest BCUT2D eigenvalue weighted by Gasteiger charge is 2.09. The van der Waals surface area contributed by atoms with Crippen molar-refractivity contribution in [1.29, 1.82) is 0 Å². The second-order valence-electron chi connectivity index (χ2n) is 5.02. The number of carbonyl (C=O) groups excluding carboxylic acids is 1. The van der Waals surface area contributed by atoms with Gasteiger partial charge in [0.05, 0.1) is 0 Å². The number of nitrogens with two attached hydrogens (primary N) is 1. The molecule has 6 heteroatoms. The van der Waals surface area contributed by atoms with Crippen molar-refractivity contribution in [1.82, 2.24) is 0 Å². The molecule has 0 saturated carbocycles. The first-order valence-corrected chi connectivity index (χ1v) is 8.53. The molecule has 3 aromatic rings. The van der Waals surface area contributed by atoms with Crippen molar-refractivity contribution >= 4 is 35.5 Å². The van der Waals surface area contributed by atoms with Crippen molar-refractivity contribution in [3.63, 3.8) is 0 Å². The van der Waals surface area contributed by atoms with Gasteiger partial charge in [0.2, 0.25) is 0 Å². The third kappa shape index (κ3) is 6.14. The van der Waals surface area contributed by atoms with Crippen LogP contribution in [0.2, 0.25) is 0 Å². The highest BCUT2D eigenvalue weighted by atomic mass is 32.1. The number of aldehydes is 1. The number of alkyl halides is 2. The summed E-state index contributed by atoms with van der Waals surface area (Å²) in [5.74, 6) is -0.0556. The van der Waals surface area contributed by atoms with Crippen molar-refractivity contribution in [2.75, 3.05) is 5.73 Å². The predicted molar refractivity (Wildman–Crippen MR) is 103 cm³/mol. The van der Waals surface area contributed by atoms with Crippen molar-refractivity contribution in [2.24, 2.45) is 0 Å². The highest BCUT2D eigenvalue weighted by Crippen LogP contribution is 2.24. The summed E-state index contributed by atoms with van der Waals surface area (Å²) in [5, 5.41) is 1.52. The summed E-state index contributed by atoms with van der Waals surface area (Å²) in [5.41, 5.74) is 8.88. The van der Waals surface area contributed by atoms with E-state index in [0.717, 1.165) is 22.6 Å². The first kappa shape index (κ1) is 19.3. The van der Waals surface area contributed by atoms with Crippen LogP contribution in [0.15, 0.2) is 66.0 Å². The average Bonchev–Trinajstić information content (AvgIpc) is 3.09. The molecule has 0 radical (unpaired) electrons. The summed E-state index contributed by atoms with van der Waals surface area (Å²) in [7, 11) is 0. The number of anilines is 1. The zero-order chi connectivity index (χ0) is 18.8. The van der Waals surface area contributed by atoms with E-state index < -0.39 is 6.61 Å². The molecule has 0 atom stereocenters. The summed E-state index contributed by atoms with van der Waals surface area (Å²) in [4.78, 5) is 10.3. The minimum Gasteiger partial charge on any atom is -0.433 e. The third-order valence-corrected chi connectivity index (χ3v) is 4.05. The van der Waals surface area contributed by atoms with Gasteiger partial charge in [-0.25, -0.2) is 0 Å². The molecule has 3 rings (SSSR count). The number of ether oxygens (including phenoxy) is 1. The Morgan fingerprint density at radius 3 is 2.31 bits per heavy atom. The Morgan fingerprint density at radius 1 is 0.962 bits per heavy atom. The first-order chi connectivity index (χ1) is 12.6. The molecule has 1 aromatic heterocycles. The van der Waals surface area contributed by atoms with Gasteiger partial charge in [0.25, 0.3) is 0 Å². The second kappa shape index (κ2) is 10.1. The van der Waals surface area contributed by atoms with Crippen molar-refractivity contribution < 1.29 is 18.3 Å². The topological polar surface area (TPSA) is 52.3 Å². The Hall–Kier alpha value is -2.99. The molecule has 26 heavy (non-hydrogen) atoms. The van der Waals surface area contributed by atoms with Crippen LogP contribution in [-0.2, 0) is 0 Å². The zero-order valence-corrected chi connectivity index (χ0v) is 14.5. The van der Waals surface area contributed by atoms with Crippen molar-refractivity contribution in [2.45, 2.75) is 6.61 Å². The van der Waals surface area contributed by atoms with Crippen LogP contribution in [0.4, 0.5) is 14.5 Å². The van der Waals surface area contributed by atoms with E-state index in [1.165, 1.54) is 17.0 Å². The van der Waals surface area contributed by atoms with Crippen LogP contribution in [-0.4, -0.2) is 12.9 Å². The van der Waals surface area contributed by atoms with Gasteiger partial charge < -0.3 is 10.5 Å². The maximum atomic E-state index is 11.6. The van der Waals surface area contributed by atoms with E-state index in [1.54, 1.807) is 0 Å². The average molecular weight is 373 g/mol. The predicted octanol–water partition coefficient (Wildman–Crippen LogP) is 5.60. The molecule has 1 heterocycles. The van der Waals surface area contributed by atoms with Crippen LogP contribution in [0, 0.1) is 0 Å². The van der Waals surface area contributed by atoms with Crippen molar-refractivity contribution in [3.05, 3.63) is 82.0 Å². The lowest BCUT2D eigenvalue weighted by Gasteiger charge is -2.00. The molecule has 0 saturated heterocycles. The maximum Gasteiger partial charge on any atom is 0.387 e. The van der Waals surface area contributed by atoms with Gasteiger partial charge in [0, 0.05) is 5.69 Å². The van der Waals surface area contributed by atoms with Gasteiger partial charge in [-0.1, -0.05) is 60.7 Å². The Labute approximate surface area is 154 Å². The molecule has 3 nitrogen and oxygen atoms in total. The Kier molecular flexibility index (Phi) is 7.51. The molecule has 0 amide bonds. The van der Waals surface area contributed by atoms with Crippen molar-refractivity contribution in [3.8, 4) is 5.75 Å². The second-order valence-corrected chi connectivity index (χ2v) is 5.97. The Bertz CT molecular complexity index is 848. The number of para-hydroxylation sites is 1. The van der Waals surface area contributed by atoms with E-state index in [0.29, 0.717) is 6.29 Å². The van der Waals surface area contributed by atoms with Gasteiger partial charge in [0.15, 0.2) is 6.29 Å². The van der Waals surface area contributed by atoms with E-state index in [1.807, 2.05) is 48.5 Å². The molecule has 2 aromatic carbocycles. The van der Waals surface area contributed by atoms with Gasteiger partial charge >= 0.3 is 6.61 Å². The Morgan fingerprint density at radius 2 is 1.65 bits per heavy atom. The molecule has 2 N–H and O–H groups in total. The fraction of sp³-hybridized carbons (Fsp3) is 0.0500. The van der Waals surface area contributed by atoms with Crippen LogP contribution >= 0.6 is 11.3 Å². The van der Waals surface area contributed by atoms with Gasteiger partial charge in [-0.05, 0) is 28.6 Å². The van der Waals surface area contributed by atoms with E-state index >= 15 is 0 Å². The molecule has 0 unspecified atom stereocenters. The minimum absolute atomic E-state index is 0.0556. The normalized spacial score (nSPS) is 10.4. The van der Waals surface area contributed by atoms with E-state index in [9.17, 15) is 13.6 Å². The molecule has 0 bridgehead atoms. The third-order valence-electron chi connectivity index (χ3n) is 3.23.